The summed E-state index contributed by atoms with van der Waals surface area (Å²) in [5.41, 5.74) is 0. The van der Waals surface area contributed by atoms with Gasteiger partial charge in [-0.2, -0.15) is 5.26 Å². The average Bonchev–Trinajstić information content (AvgIpc) is 2.62. The molecular formula is C11H17N. The van der Waals surface area contributed by atoms with Crippen LogP contribution in [0.1, 0.15) is 39.0 Å². The molecule has 0 aromatic carbocycles. The summed E-state index contributed by atoms with van der Waals surface area (Å²) < 4.78 is 0. The summed E-state index contributed by atoms with van der Waals surface area (Å²) >= 11 is 0. The van der Waals surface area contributed by atoms with Crippen LogP contribution in [0.25, 0.3) is 0 Å². The van der Waals surface area contributed by atoms with Gasteiger partial charge in [0.25, 0.3) is 0 Å². The molecule has 2 fully saturated rings. The maximum atomic E-state index is 8.92. The summed E-state index contributed by atoms with van der Waals surface area (Å²) in [6, 6.07) is 2.48. The zero-order valence-corrected chi connectivity index (χ0v) is 7.79. The lowest BCUT2D eigenvalue weighted by Gasteiger charge is -2.24. The molecule has 0 aliphatic heterocycles. The summed E-state index contributed by atoms with van der Waals surface area (Å²) in [5, 5.41) is 8.92. The van der Waals surface area contributed by atoms with Gasteiger partial charge in [-0.05, 0) is 37.0 Å². The molecule has 0 aromatic heterocycles. The van der Waals surface area contributed by atoms with Crippen molar-refractivity contribution in [2.75, 3.05) is 0 Å². The van der Waals surface area contributed by atoms with Crippen molar-refractivity contribution in [3.8, 4) is 6.07 Å². The Bertz CT molecular complexity index is 204. The van der Waals surface area contributed by atoms with Gasteiger partial charge in [0.1, 0.15) is 0 Å². The van der Waals surface area contributed by atoms with Gasteiger partial charge in [0.2, 0.25) is 0 Å². The fraction of sp³-hybridized carbons (Fsp3) is 0.909. The summed E-state index contributed by atoms with van der Waals surface area (Å²) in [4.78, 5) is 0. The Morgan fingerprint density at radius 3 is 2.75 bits per heavy atom. The second kappa shape index (κ2) is 3.09. The van der Waals surface area contributed by atoms with E-state index < -0.39 is 0 Å². The first kappa shape index (κ1) is 8.10. The number of hydrogen-bond donors (Lipinski definition) is 0. The van der Waals surface area contributed by atoms with E-state index in [4.69, 9.17) is 5.26 Å². The number of rotatable bonds is 2. The number of fused-ring (bicyclic) bond motifs is 2. The number of nitriles is 1. The van der Waals surface area contributed by atoms with Crippen LogP contribution in [0.5, 0.6) is 0 Å². The van der Waals surface area contributed by atoms with Gasteiger partial charge >= 0.3 is 0 Å². The quantitative estimate of drug-likeness (QED) is 0.614. The van der Waals surface area contributed by atoms with E-state index in [-0.39, 0.29) is 0 Å². The molecule has 2 aliphatic carbocycles. The van der Waals surface area contributed by atoms with Crippen LogP contribution in [-0.2, 0) is 0 Å². The third-order valence-electron chi connectivity index (χ3n) is 3.78. The SMILES string of the molecule is CCCC1CC2CC(C#N)C1C2. The predicted molar refractivity (Wildman–Crippen MR) is 48.3 cm³/mol. The van der Waals surface area contributed by atoms with Gasteiger partial charge in [0.15, 0.2) is 0 Å². The normalized spacial score (nSPS) is 44.7. The maximum Gasteiger partial charge on any atom is 0.0658 e. The van der Waals surface area contributed by atoms with Gasteiger partial charge in [0, 0.05) is 5.92 Å². The van der Waals surface area contributed by atoms with E-state index in [0.29, 0.717) is 5.92 Å². The Balaban J connectivity index is 2.00. The van der Waals surface area contributed by atoms with Crippen molar-refractivity contribution in [1.82, 2.24) is 0 Å². The molecule has 2 rings (SSSR count). The molecule has 0 spiro atoms. The minimum Gasteiger partial charge on any atom is -0.198 e. The van der Waals surface area contributed by atoms with Crippen molar-refractivity contribution in [3.05, 3.63) is 0 Å². The van der Waals surface area contributed by atoms with E-state index in [1.165, 1.54) is 32.1 Å². The van der Waals surface area contributed by atoms with Crippen LogP contribution < -0.4 is 0 Å². The van der Waals surface area contributed by atoms with Crippen molar-refractivity contribution in [1.29, 1.82) is 5.26 Å². The first-order valence-electron chi connectivity index (χ1n) is 5.24. The molecule has 0 N–H and O–H groups in total. The topological polar surface area (TPSA) is 23.8 Å². The van der Waals surface area contributed by atoms with Gasteiger partial charge < -0.3 is 0 Å². The highest BCUT2D eigenvalue weighted by atomic mass is 14.5. The minimum atomic E-state index is 0.417. The molecule has 0 amide bonds. The lowest BCUT2D eigenvalue weighted by atomic mass is 9.79. The van der Waals surface area contributed by atoms with Crippen LogP contribution >= 0.6 is 0 Å². The zero-order valence-electron chi connectivity index (χ0n) is 7.79. The highest BCUT2D eigenvalue weighted by Gasteiger charge is 2.45. The van der Waals surface area contributed by atoms with Gasteiger partial charge in [0.05, 0.1) is 6.07 Å². The molecule has 0 aromatic rings. The van der Waals surface area contributed by atoms with Gasteiger partial charge in [-0.3, -0.25) is 0 Å². The largest absolute Gasteiger partial charge is 0.198 e. The van der Waals surface area contributed by atoms with Crippen LogP contribution in [0.4, 0.5) is 0 Å². The van der Waals surface area contributed by atoms with Crippen molar-refractivity contribution < 1.29 is 0 Å². The fourth-order valence-electron chi connectivity index (χ4n) is 3.35. The summed E-state index contributed by atoms with van der Waals surface area (Å²) in [6.07, 6.45) is 6.66. The van der Waals surface area contributed by atoms with Crippen LogP contribution in [0.3, 0.4) is 0 Å². The smallest absolute Gasteiger partial charge is 0.0658 e. The predicted octanol–water partition coefficient (Wildman–Crippen LogP) is 2.97. The molecule has 2 aliphatic rings. The van der Waals surface area contributed by atoms with Crippen LogP contribution in [0.2, 0.25) is 0 Å². The molecule has 12 heavy (non-hydrogen) atoms. The Kier molecular flexibility index (Phi) is 2.09. The molecule has 0 saturated heterocycles. The average molecular weight is 163 g/mol. The standard InChI is InChI=1S/C11H17N/c1-2-3-9-4-8-5-10(7-12)11(9)6-8/h8-11H,2-6H2,1H3. The van der Waals surface area contributed by atoms with Crippen molar-refractivity contribution in [3.63, 3.8) is 0 Å². The second-order valence-corrected chi connectivity index (χ2v) is 4.52. The van der Waals surface area contributed by atoms with E-state index in [1.54, 1.807) is 0 Å². The molecule has 0 heterocycles. The highest BCUT2D eigenvalue weighted by molar-refractivity contribution is 5.03. The molecular weight excluding hydrogens is 146 g/mol. The summed E-state index contributed by atoms with van der Waals surface area (Å²) in [5.74, 6) is 3.01. The molecule has 0 radical (unpaired) electrons. The van der Waals surface area contributed by atoms with E-state index in [2.05, 4.69) is 13.0 Å². The summed E-state index contributed by atoms with van der Waals surface area (Å²) in [7, 11) is 0. The monoisotopic (exact) mass is 163 g/mol. The Morgan fingerprint density at radius 2 is 2.17 bits per heavy atom. The van der Waals surface area contributed by atoms with Crippen LogP contribution in [0, 0.1) is 35.0 Å². The zero-order chi connectivity index (χ0) is 8.55. The third kappa shape index (κ3) is 1.14. The Hall–Kier alpha value is -0.510. The lowest BCUT2D eigenvalue weighted by Crippen LogP contribution is -2.18. The molecule has 4 atom stereocenters. The molecule has 2 saturated carbocycles. The van der Waals surface area contributed by atoms with E-state index in [1.807, 2.05) is 0 Å². The van der Waals surface area contributed by atoms with Crippen molar-refractivity contribution in [2.45, 2.75) is 39.0 Å². The summed E-state index contributed by atoms with van der Waals surface area (Å²) in [6.45, 7) is 2.26. The van der Waals surface area contributed by atoms with E-state index in [0.717, 1.165) is 17.8 Å². The van der Waals surface area contributed by atoms with Crippen molar-refractivity contribution >= 4 is 0 Å². The van der Waals surface area contributed by atoms with Gasteiger partial charge in [-0.1, -0.05) is 19.8 Å². The van der Waals surface area contributed by atoms with Gasteiger partial charge in [-0.25, -0.2) is 0 Å². The molecule has 2 bridgehead atoms. The maximum absolute atomic E-state index is 8.92. The van der Waals surface area contributed by atoms with Crippen molar-refractivity contribution in [2.24, 2.45) is 23.7 Å². The molecule has 1 heteroatoms. The highest BCUT2D eigenvalue weighted by Crippen LogP contribution is 2.52. The number of hydrogen-bond acceptors (Lipinski definition) is 1. The number of nitrogens with zero attached hydrogens (tertiary/aromatic N) is 1. The van der Waals surface area contributed by atoms with Crippen LogP contribution in [-0.4, -0.2) is 0 Å². The third-order valence-corrected chi connectivity index (χ3v) is 3.78. The van der Waals surface area contributed by atoms with Crippen LogP contribution in [0.15, 0.2) is 0 Å². The lowest BCUT2D eigenvalue weighted by molar-refractivity contribution is 0.265. The van der Waals surface area contributed by atoms with E-state index in [9.17, 15) is 0 Å². The second-order valence-electron chi connectivity index (χ2n) is 4.52. The first-order chi connectivity index (χ1) is 5.85. The molecule has 4 unspecified atom stereocenters. The van der Waals surface area contributed by atoms with Gasteiger partial charge in [-0.15, -0.1) is 0 Å². The molecule has 66 valence electrons. The molecule has 1 nitrogen and oxygen atoms in total. The Labute approximate surface area is 74.8 Å². The minimum absolute atomic E-state index is 0.417. The first-order valence-corrected chi connectivity index (χ1v) is 5.24. The Morgan fingerprint density at radius 1 is 1.33 bits per heavy atom. The van der Waals surface area contributed by atoms with E-state index >= 15 is 0 Å². The fourth-order valence-corrected chi connectivity index (χ4v) is 3.35.